The van der Waals surface area contributed by atoms with Crippen molar-refractivity contribution in [3.63, 3.8) is 0 Å². The van der Waals surface area contributed by atoms with Gasteiger partial charge in [0, 0.05) is 17.1 Å². The van der Waals surface area contributed by atoms with Crippen LogP contribution < -0.4 is 10.2 Å². The number of amides is 2. The number of anilines is 1. The number of carboxylic acids is 1. The first kappa shape index (κ1) is 13.6. The molecule has 2 heterocycles. The van der Waals surface area contributed by atoms with Gasteiger partial charge < -0.3 is 10.4 Å². The molecule has 108 valence electrons. The zero-order valence-electron chi connectivity index (χ0n) is 11.2. The maximum absolute atomic E-state index is 12.2. The molecular weight excluding hydrogens is 288 g/mol. The number of carbonyl (C=O) groups excluding carboxylic acids is 1. The summed E-state index contributed by atoms with van der Waals surface area (Å²) < 4.78 is 0. The lowest BCUT2D eigenvalue weighted by molar-refractivity contribution is 0.0697. The topological polar surface area (TPSA) is 69.6 Å². The molecule has 1 aromatic carbocycles. The summed E-state index contributed by atoms with van der Waals surface area (Å²) in [7, 11) is 0. The van der Waals surface area contributed by atoms with Gasteiger partial charge in [-0.1, -0.05) is 6.07 Å². The number of rotatable bonds is 3. The van der Waals surface area contributed by atoms with Gasteiger partial charge in [0.05, 0.1) is 12.1 Å². The first-order valence-corrected chi connectivity index (χ1v) is 7.47. The van der Waals surface area contributed by atoms with E-state index in [2.05, 4.69) is 5.32 Å². The molecule has 0 bridgehead atoms. The van der Waals surface area contributed by atoms with Crippen molar-refractivity contribution < 1.29 is 14.7 Å². The molecule has 21 heavy (non-hydrogen) atoms. The summed E-state index contributed by atoms with van der Waals surface area (Å²) in [5, 5.41) is 13.8. The van der Waals surface area contributed by atoms with Gasteiger partial charge in [0.15, 0.2) is 0 Å². The smallest absolute Gasteiger partial charge is 0.335 e. The molecule has 3 rings (SSSR count). The molecule has 2 N–H and O–H groups in total. The lowest BCUT2D eigenvalue weighted by Gasteiger charge is -2.18. The van der Waals surface area contributed by atoms with Crippen molar-refractivity contribution in [3.05, 3.63) is 51.7 Å². The Labute approximate surface area is 125 Å². The van der Waals surface area contributed by atoms with E-state index in [-0.39, 0.29) is 11.6 Å². The number of nitrogens with zero attached hydrogens (tertiary/aromatic N) is 1. The lowest BCUT2D eigenvalue weighted by atomic mass is 10.1. The highest BCUT2D eigenvalue weighted by molar-refractivity contribution is 7.09. The molecule has 1 aromatic heterocycles. The molecule has 2 aromatic rings. The highest BCUT2D eigenvalue weighted by atomic mass is 32.1. The van der Waals surface area contributed by atoms with Crippen molar-refractivity contribution in [1.82, 2.24) is 5.32 Å². The minimum absolute atomic E-state index is 0.148. The van der Waals surface area contributed by atoms with Gasteiger partial charge in [0.1, 0.15) is 0 Å². The number of carboxylic acid groups (broad SMARTS) is 1. The number of fused-ring (bicyclic) bond motifs is 1. The first-order chi connectivity index (χ1) is 10.1. The Kier molecular flexibility index (Phi) is 3.62. The van der Waals surface area contributed by atoms with Crippen LogP contribution in [0.1, 0.15) is 20.8 Å². The maximum Gasteiger partial charge on any atom is 0.335 e. The van der Waals surface area contributed by atoms with Crippen LogP contribution in [-0.4, -0.2) is 23.7 Å². The Balaban J connectivity index is 1.71. The largest absolute Gasteiger partial charge is 0.478 e. The molecule has 2 amide bonds. The van der Waals surface area contributed by atoms with Crippen LogP contribution in [0.25, 0.3) is 0 Å². The maximum atomic E-state index is 12.2. The summed E-state index contributed by atoms with van der Waals surface area (Å²) in [4.78, 5) is 25.9. The minimum atomic E-state index is -0.946. The van der Waals surface area contributed by atoms with Crippen LogP contribution in [0.5, 0.6) is 0 Å². The van der Waals surface area contributed by atoms with E-state index >= 15 is 0 Å². The summed E-state index contributed by atoms with van der Waals surface area (Å²) in [6.45, 7) is 1.09. The SMILES string of the molecule is O=C(O)c1ccc2c(c1)CCN2C(=O)NCc1cccs1. The van der Waals surface area contributed by atoms with Crippen molar-refractivity contribution in [1.29, 1.82) is 0 Å². The summed E-state index contributed by atoms with van der Waals surface area (Å²) >= 11 is 1.60. The van der Waals surface area contributed by atoms with Crippen LogP contribution in [-0.2, 0) is 13.0 Å². The second kappa shape index (κ2) is 5.57. The fourth-order valence-corrected chi connectivity index (χ4v) is 3.06. The number of urea groups is 1. The molecular formula is C15H14N2O3S. The number of thiophene rings is 1. The van der Waals surface area contributed by atoms with Gasteiger partial charge in [0.25, 0.3) is 0 Å². The van der Waals surface area contributed by atoms with Gasteiger partial charge in [-0.3, -0.25) is 4.90 Å². The predicted molar refractivity (Wildman–Crippen MR) is 81.0 cm³/mol. The molecule has 0 saturated heterocycles. The van der Waals surface area contributed by atoms with Gasteiger partial charge >= 0.3 is 12.0 Å². The third-order valence-electron chi connectivity index (χ3n) is 3.46. The third-order valence-corrected chi connectivity index (χ3v) is 4.34. The van der Waals surface area contributed by atoms with E-state index in [0.29, 0.717) is 19.5 Å². The van der Waals surface area contributed by atoms with Crippen LogP contribution in [0, 0.1) is 0 Å². The monoisotopic (exact) mass is 302 g/mol. The molecule has 0 saturated carbocycles. The average Bonchev–Trinajstić information content (AvgIpc) is 3.13. The average molecular weight is 302 g/mol. The van der Waals surface area contributed by atoms with Crippen molar-refractivity contribution in [2.75, 3.05) is 11.4 Å². The number of carbonyl (C=O) groups is 2. The van der Waals surface area contributed by atoms with Gasteiger partial charge in [0.2, 0.25) is 0 Å². The van der Waals surface area contributed by atoms with Crippen LogP contribution in [0.2, 0.25) is 0 Å². The van der Waals surface area contributed by atoms with E-state index in [1.165, 1.54) is 6.07 Å². The number of hydrogen-bond acceptors (Lipinski definition) is 3. The standard InChI is InChI=1S/C15H14N2O3S/c18-14(19)11-3-4-13-10(8-11)5-6-17(13)15(20)16-9-12-2-1-7-21-12/h1-4,7-8H,5-6,9H2,(H,16,20)(H,18,19). The van der Waals surface area contributed by atoms with E-state index < -0.39 is 5.97 Å². The molecule has 6 heteroatoms. The molecule has 0 unspecified atom stereocenters. The van der Waals surface area contributed by atoms with Crippen LogP contribution in [0.3, 0.4) is 0 Å². The second-order valence-corrected chi connectivity index (χ2v) is 5.82. The molecule has 0 aliphatic carbocycles. The van der Waals surface area contributed by atoms with Crippen LogP contribution in [0.4, 0.5) is 10.5 Å². The molecule has 0 fully saturated rings. The highest BCUT2D eigenvalue weighted by Crippen LogP contribution is 2.29. The quantitative estimate of drug-likeness (QED) is 0.916. The fraction of sp³-hybridized carbons (Fsp3) is 0.200. The van der Waals surface area contributed by atoms with Gasteiger partial charge in [-0.15, -0.1) is 11.3 Å². The Morgan fingerprint density at radius 2 is 2.19 bits per heavy atom. The van der Waals surface area contributed by atoms with Crippen molar-refractivity contribution in [3.8, 4) is 0 Å². The van der Waals surface area contributed by atoms with Gasteiger partial charge in [-0.25, -0.2) is 9.59 Å². The summed E-state index contributed by atoms with van der Waals surface area (Å²) in [6.07, 6.45) is 0.683. The van der Waals surface area contributed by atoms with E-state index in [0.717, 1.165) is 16.1 Å². The second-order valence-electron chi connectivity index (χ2n) is 4.79. The summed E-state index contributed by atoms with van der Waals surface area (Å²) in [6, 6.07) is 8.66. The van der Waals surface area contributed by atoms with Crippen LogP contribution >= 0.6 is 11.3 Å². The molecule has 0 radical (unpaired) electrons. The van der Waals surface area contributed by atoms with Crippen LogP contribution in [0.15, 0.2) is 35.7 Å². The lowest BCUT2D eigenvalue weighted by Crippen LogP contribution is -2.38. The van der Waals surface area contributed by atoms with E-state index in [9.17, 15) is 9.59 Å². The first-order valence-electron chi connectivity index (χ1n) is 6.59. The van der Waals surface area contributed by atoms with Crippen molar-refractivity contribution in [2.24, 2.45) is 0 Å². The minimum Gasteiger partial charge on any atom is -0.478 e. The Hall–Kier alpha value is -2.34. The Morgan fingerprint density at radius 1 is 1.33 bits per heavy atom. The number of nitrogens with one attached hydrogen (secondary N) is 1. The molecule has 0 spiro atoms. The molecule has 0 atom stereocenters. The van der Waals surface area contributed by atoms with Crippen molar-refractivity contribution >= 4 is 29.0 Å². The van der Waals surface area contributed by atoms with Gasteiger partial charge in [-0.2, -0.15) is 0 Å². The summed E-state index contributed by atoms with van der Waals surface area (Å²) in [5.41, 5.74) is 1.96. The molecule has 1 aliphatic rings. The van der Waals surface area contributed by atoms with E-state index in [1.807, 2.05) is 17.5 Å². The highest BCUT2D eigenvalue weighted by Gasteiger charge is 2.25. The molecule has 1 aliphatic heterocycles. The normalized spacial score (nSPS) is 13.0. The van der Waals surface area contributed by atoms with Crippen molar-refractivity contribution in [2.45, 2.75) is 13.0 Å². The molecule has 5 nitrogen and oxygen atoms in total. The fourth-order valence-electron chi connectivity index (χ4n) is 2.42. The predicted octanol–water partition coefficient (Wildman–Crippen LogP) is 2.72. The third kappa shape index (κ3) is 2.75. The number of benzene rings is 1. The number of aromatic carboxylic acids is 1. The summed E-state index contributed by atoms with van der Waals surface area (Å²) in [5.74, 6) is -0.946. The van der Waals surface area contributed by atoms with E-state index in [4.69, 9.17) is 5.11 Å². The number of hydrogen-bond donors (Lipinski definition) is 2. The van der Waals surface area contributed by atoms with Gasteiger partial charge in [-0.05, 0) is 41.6 Å². The zero-order valence-corrected chi connectivity index (χ0v) is 12.0. The Morgan fingerprint density at radius 3 is 2.90 bits per heavy atom. The van der Waals surface area contributed by atoms with E-state index in [1.54, 1.807) is 28.4 Å². The zero-order chi connectivity index (χ0) is 14.8. The Bertz CT molecular complexity index is 682.